The molecule has 102 valence electrons. The van der Waals surface area contributed by atoms with E-state index in [0.717, 1.165) is 19.3 Å². The van der Waals surface area contributed by atoms with E-state index in [1.807, 2.05) is 6.92 Å². The fourth-order valence-electron chi connectivity index (χ4n) is 1.42. The first-order valence-corrected chi connectivity index (χ1v) is 6.09. The number of anilines is 1. The average Bonchev–Trinajstić information content (AvgIpc) is 2.27. The molecular weight excluding hydrogens is 267 g/mol. The van der Waals surface area contributed by atoms with Gasteiger partial charge in [-0.05, 0) is 13.3 Å². The first-order valence-electron chi connectivity index (χ1n) is 5.71. The smallest absolute Gasteiger partial charge is 0.354 e. The summed E-state index contributed by atoms with van der Waals surface area (Å²) in [5.74, 6) is -0.0750. The van der Waals surface area contributed by atoms with Crippen LogP contribution in [0.4, 0.5) is 19.1 Å². The Kier molecular flexibility index (Phi) is 5.19. The van der Waals surface area contributed by atoms with Crippen LogP contribution < -0.4 is 5.32 Å². The zero-order valence-electron chi connectivity index (χ0n) is 10.2. The van der Waals surface area contributed by atoms with Gasteiger partial charge in [0.1, 0.15) is 5.15 Å². The molecule has 1 N–H and O–H groups in total. The Labute approximate surface area is 109 Å². The molecule has 0 unspecified atom stereocenters. The van der Waals surface area contributed by atoms with Crippen LogP contribution in [0.5, 0.6) is 0 Å². The number of hydrogen-bond donors (Lipinski definition) is 1. The molecule has 1 heterocycles. The number of unbranched alkanes of at least 4 members (excludes halogenated alkanes) is 2. The SMILES string of the molecule is CCCCCNc1nc(Cl)c(C)c(C(F)(F)F)n1. The highest BCUT2D eigenvalue weighted by Gasteiger charge is 2.36. The molecule has 3 nitrogen and oxygen atoms in total. The minimum atomic E-state index is -4.52. The summed E-state index contributed by atoms with van der Waals surface area (Å²) in [6, 6.07) is 0. The van der Waals surface area contributed by atoms with Crippen molar-refractivity contribution in [3.63, 3.8) is 0 Å². The molecule has 0 aromatic carbocycles. The summed E-state index contributed by atoms with van der Waals surface area (Å²) < 4.78 is 38.0. The van der Waals surface area contributed by atoms with Gasteiger partial charge < -0.3 is 5.32 Å². The van der Waals surface area contributed by atoms with E-state index >= 15 is 0 Å². The fourth-order valence-corrected chi connectivity index (χ4v) is 1.59. The monoisotopic (exact) mass is 281 g/mol. The van der Waals surface area contributed by atoms with E-state index in [1.54, 1.807) is 0 Å². The molecule has 1 rings (SSSR count). The summed E-state index contributed by atoms with van der Waals surface area (Å²) in [6.07, 6.45) is -1.63. The molecule has 7 heteroatoms. The summed E-state index contributed by atoms with van der Waals surface area (Å²) in [6.45, 7) is 3.83. The lowest BCUT2D eigenvalue weighted by Crippen LogP contribution is -2.15. The quantitative estimate of drug-likeness (QED) is 0.653. The number of nitrogens with one attached hydrogen (secondary N) is 1. The highest BCUT2D eigenvalue weighted by Crippen LogP contribution is 2.33. The number of aromatic nitrogens is 2. The maximum Gasteiger partial charge on any atom is 0.433 e. The first-order chi connectivity index (χ1) is 8.36. The zero-order valence-corrected chi connectivity index (χ0v) is 11.0. The number of halogens is 4. The van der Waals surface area contributed by atoms with Crippen LogP contribution in [0.15, 0.2) is 0 Å². The molecule has 0 aliphatic heterocycles. The molecule has 0 saturated carbocycles. The lowest BCUT2D eigenvalue weighted by Gasteiger charge is -2.12. The van der Waals surface area contributed by atoms with Gasteiger partial charge >= 0.3 is 6.18 Å². The van der Waals surface area contributed by atoms with Crippen molar-refractivity contribution in [3.05, 3.63) is 16.4 Å². The Morgan fingerprint density at radius 2 is 1.89 bits per heavy atom. The molecule has 0 amide bonds. The Balaban J connectivity index is 2.85. The third kappa shape index (κ3) is 4.01. The molecule has 1 aromatic rings. The molecule has 0 aliphatic rings. The van der Waals surface area contributed by atoms with Crippen molar-refractivity contribution in [2.45, 2.75) is 39.3 Å². The van der Waals surface area contributed by atoms with Crippen LogP contribution in [-0.4, -0.2) is 16.5 Å². The molecule has 0 bridgehead atoms. The van der Waals surface area contributed by atoms with Gasteiger partial charge in [-0.2, -0.15) is 13.2 Å². The average molecular weight is 282 g/mol. The van der Waals surface area contributed by atoms with Gasteiger partial charge in [0.2, 0.25) is 5.95 Å². The van der Waals surface area contributed by atoms with Crippen LogP contribution in [0.2, 0.25) is 5.15 Å². The van der Waals surface area contributed by atoms with Gasteiger partial charge in [0.05, 0.1) is 0 Å². The second-order valence-corrected chi connectivity index (χ2v) is 4.30. The van der Waals surface area contributed by atoms with Crippen molar-refractivity contribution in [2.75, 3.05) is 11.9 Å². The van der Waals surface area contributed by atoms with Crippen molar-refractivity contribution < 1.29 is 13.2 Å². The molecule has 0 aliphatic carbocycles. The number of nitrogens with zero attached hydrogens (tertiary/aromatic N) is 2. The Morgan fingerprint density at radius 1 is 1.22 bits per heavy atom. The van der Waals surface area contributed by atoms with Crippen LogP contribution in [-0.2, 0) is 6.18 Å². The maximum atomic E-state index is 12.7. The van der Waals surface area contributed by atoms with Crippen molar-refractivity contribution in [1.29, 1.82) is 0 Å². The molecule has 0 radical (unpaired) electrons. The summed E-state index contributed by atoms with van der Waals surface area (Å²) in [4.78, 5) is 7.26. The first kappa shape index (κ1) is 15.0. The topological polar surface area (TPSA) is 37.8 Å². The van der Waals surface area contributed by atoms with Crippen LogP contribution in [0.3, 0.4) is 0 Å². The van der Waals surface area contributed by atoms with Crippen LogP contribution in [0.1, 0.15) is 37.4 Å². The van der Waals surface area contributed by atoms with E-state index in [9.17, 15) is 13.2 Å². The highest BCUT2D eigenvalue weighted by atomic mass is 35.5. The van der Waals surface area contributed by atoms with Crippen molar-refractivity contribution >= 4 is 17.5 Å². The standard InChI is InChI=1S/C11H15ClF3N3/c1-3-4-5-6-16-10-17-8(11(13,14)15)7(2)9(12)18-10/h3-6H2,1-2H3,(H,16,17,18). The van der Waals surface area contributed by atoms with Gasteiger partial charge in [0, 0.05) is 12.1 Å². The van der Waals surface area contributed by atoms with E-state index in [-0.39, 0.29) is 16.7 Å². The molecule has 0 atom stereocenters. The molecule has 0 spiro atoms. The van der Waals surface area contributed by atoms with Crippen molar-refractivity contribution in [2.24, 2.45) is 0 Å². The van der Waals surface area contributed by atoms with E-state index in [1.165, 1.54) is 6.92 Å². The van der Waals surface area contributed by atoms with Gasteiger partial charge in [-0.3, -0.25) is 0 Å². The fraction of sp³-hybridized carbons (Fsp3) is 0.636. The molecular formula is C11H15ClF3N3. The highest BCUT2D eigenvalue weighted by molar-refractivity contribution is 6.30. The van der Waals surface area contributed by atoms with Crippen LogP contribution >= 0.6 is 11.6 Å². The number of hydrogen-bond acceptors (Lipinski definition) is 3. The van der Waals surface area contributed by atoms with E-state index in [2.05, 4.69) is 15.3 Å². The van der Waals surface area contributed by atoms with E-state index in [4.69, 9.17) is 11.6 Å². The molecule has 0 saturated heterocycles. The normalized spacial score (nSPS) is 11.7. The Hall–Kier alpha value is -1.04. The van der Waals surface area contributed by atoms with Gasteiger partial charge in [-0.25, -0.2) is 9.97 Å². The van der Waals surface area contributed by atoms with Gasteiger partial charge in [-0.1, -0.05) is 31.4 Å². The Bertz CT molecular complexity index is 407. The van der Waals surface area contributed by atoms with Crippen LogP contribution in [0, 0.1) is 6.92 Å². The predicted octanol–water partition coefficient (Wildman–Crippen LogP) is 4.06. The van der Waals surface area contributed by atoms with Gasteiger partial charge in [0.15, 0.2) is 5.69 Å². The number of rotatable bonds is 5. The third-order valence-corrected chi connectivity index (χ3v) is 2.79. The van der Waals surface area contributed by atoms with Gasteiger partial charge in [-0.15, -0.1) is 0 Å². The maximum absolute atomic E-state index is 12.7. The van der Waals surface area contributed by atoms with Crippen molar-refractivity contribution in [1.82, 2.24) is 9.97 Å². The minimum Gasteiger partial charge on any atom is -0.354 e. The summed E-state index contributed by atoms with van der Waals surface area (Å²) in [5.41, 5.74) is -1.14. The van der Waals surface area contributed by atoms with Crippen LogP contribution in [0.25, 0.3) is 0 Å². The number of alkyl halides is 3. The second kappa shape index (κ2) is 6.22. The van der Waals surface area contributed by atoms with Crippen molar-refractivity contribution in [3.8, 4) is 0 Å². The van der Waals surface area contributed by atoms with E-state index < -0.39 is 11.9 Å². The minimum absolute atomic E-state index is 0.0750. The molecule has 1 aromatic heterocycles. The zero-order chi connectivity index (χ0) is 13.8. The van der Waals surface area contributed by atoms with Gasteiger partial charge in [0.25, 0.3) is 0 Å². The third-order valence-electron chi connectivity index (χ3n) is 2.42. The predicted molar refractivity (Wildman–Crippen MR) is 64.8 cm³/mol. The summed E-state index contributed by atoms with van der Waals surface area (Å²) >= 11 is 5.67. The lowest BCUT2D eigenvalue weighted by molar-refractivity contribution is -0.141. The lowest BCUT2D eigenvalue weighted by atomic mass is 10.2. The second-order valence-electron chi connectivity index (χ2n) is 3.94. The molecule has 0 fully saturated rings. The molecule has 18 heavy (non-hydrogen) atoms. The Morgan fingerprint density at radius 3 is 2.44 bits per heavy atom. The largest absolute Gasteiger partial charge is 0.433 e. The summed E-state index contributed by atoms with van der Waals surface area (Å²) in [7, 11) is 0. The summed E-state index contributed by atoms with van der Waals surface area (Å²) in [5, 5.41) is 2.58. The van der Waals surface area contributed by atoms with E-state index in [0.29, 0.717) is 6.54 Å².